The van der Waals surface area contributed by atoms with Crippen LogP contribution in [0.15, 0.2) is 48.5 Å². The number of anilines is 4. The van der Waals surface area contributed by atoms with Crippen molar-refractivity contribution in [3.63, 3.8) is 0 Å². The predicted molar refractivity (Wildman–Crippen MR) is 122 cm³/mol. The highest BCUT2D eigenvalue weighted by Gasteiger charge is 2.17. The average Bonchev–Trinajstić information content (AvgIpc) is 3.20. The summed E-state index contributed by atoms with van der Waals surface area (Å²) in [4.78, 5) is 25.3. The number of fused-ring (bicyclic) bond motifs is 1. The maximum atomic E-state index is 12.6. The molecule has 0 saturated heterocycles. The van der Waals surface area contributed by atoms with E-state index in [9.17, 15) is 4.79 Å². The molecule has 1 heterocycles. The first-order valence-corrected chi connectivity index (χ1v) is 11.0. The summed E-state index contributed by atoms with van der Waals surface area (Å²) in [5.41, 5.74) is 10.3. The molecule has 1 amide bonds. The summed E-state index contributed by atoms with van der Waals surface area (Å²) in [5, 5.41) is 5.87. The minimum absolute atomic E-state index is 0.0393. The molecular formula is C22H24N6OS. The molecule has 4 rings (SSSR count). The summed E-state index contributed by atoms with van der Waals surface area (Å²) in [7, 11) is 0. The standard InChI is InChI=1S/C22H24N6OS/c1-14(20(29)24-18-11-10-15-6-5-7-16(15)12-18)30-13-19-26-21(23)28-22(27-19)25-17-8-3-2-4-9-17/h2-4,8-12,14H,5-7,13H2,1H3,(H,24,29)(H3,23,25,26,27,28)/t14-/m1/s1. The predicted octanol–water partition coefficient (Wildman–Crippen LogP) is 3.95. The smallest absolute Gasteiger partial charge is 0.237 e. The molecule has 4 N–H and O–H groups in total. The third-order valence-corrected chi connectivity index (χ3v) is 6.07. The van der Waals surface area contributed by atoms with Crippen LogP contribution in [0.2, 0.25) is 0 Å². The lowest BCUT2D eigenvalue weighted by molar-refractivity contribution is -0.115. The molecule has 0 spiro atoms. The van der Waals surface area contributed by atoms with Crippen molar-refractivity contribution in [2.75, 3.05) is 16.4 Å². The van der Waals surface area contributed by atoms with Crippen LogP contribution < -0.4 is 16.4 Å². The fourth-order valence-corrected chi connectivity index (χ4v) is 4.12. The van der Waals surface area contributed by atoms with E-state index in [0.29, 0.717) is 17.5 Å². The number of rotatable bonds is 7. The maximum absolute atomic E-state index is 12.6. The summed E-state index contributed by atoms with van der Waals surface area (Å²) < 4.78 is 0. The molecule has 1 aromatic heterocycles. The zero-order chi connectivity index (χ0) is 20.9. The van der Waals surface area contributed by atoms with Crippen molar-refractivity contribution in [3.05, 3.63) is 65.5 Å². The number of aromatic nitrogens is 3. The largest absolute Gasteiger partial charge is 0.368 e. The van der Waals surface area contributed by atoms with Gasteiger partial charge in [-0.2, -0.15) is 15.0 Å². The lowest BCUT2D eigenvalue weighted by Gasteiger charge is -2.13. The third-order valence-electron chi connectivity index (χ3n) is 4.93. The number of aryl methyl sites for hydroxylation is 2. The molecule has 0 aliphatic heterocycles. The monoisotopic (exact) mass is 420 g/mol. The fourth-order valence-electron chi connectivity index (χ4n) is 3.38. The van der Waals surface area contributed by atoms with Gasteiger partial charge in [-0.15, -0.1) is 11.8 Å². The second-order valence-corrected chi connectivity index (χ2v) is 8.53. The van der Waals surface area contributed by atoms with Gasteiger partial charge in [-0.1, -0.05) is 24.3 Å². The van der Waals surface area contributed by atoms with Crippen LogP contribution in [0.5, 0.6) is 0 Å². The number of nitrogen functional groups attached to an aromatic ring is 1. The molecule has 1 atom stereocenters. The Morgan fingerprint density at radius 3 is 2.70 bits per heavy atom. The van der Waals surface area contributed by atoms with Crippen LogP contribution in [-0.4, -0.2) is 26.1 Å². The lowest BCUT2D eigenvalue weighted by atomic mass is 10.1. The van der Waals surface area contributed by atoms with E-state index in [1.807, 2.05) is 43.3 Å². The minimum Gasteiger partial charge on any atom is -0.368 e. The number of carbonyl (C=O) groups is 1. The Bertz CT molecular complexity index is 1040. The van der Waals surface area contributed by atoms with Crippen LogP contribution in [0.25, 0.3) is 0 Å². The zero-order valence-electron chi connectivity index (χ0n) is 16.8. The van der Waals surface area contributed by atoms with E-state index in [4.69, 9.17) is 5.73 Å². The molecule has 30 heavy (non-hydrogen) atoms. The average molecular weight is 421 g/mol. The Kier molecular flexibility index (Phi) is 6.13. The first-order valence-electron chi connectivity index (χ1n) is 9.93. The Morgan fingerprint density at radius 2 is 1.87 bits per heavy atom. The van der Waals surface area contributed by atoms with Gasteiger partial charge in [0.1, 0.15) is 5.82 Å². The van der Waals surface area contributed by atoms with Gasteiger partial charge in [0.15, 0.2) is 0 Å². The Hall–Kier alpha value is -3.13. The van der Waals surface area contributed by atoms with Crippen LogP contribution in [0, 0.1) is 0 Å². The number of nitrogens with one attached hydrogen (secondary N) is 2. The number of carbonyl (C=O) groups excluding carboxylic acids is 1. The number of nitrogens with zero attached hydrogens (tertiary/aromatic N) is 3. The van der Waals surface area contributed by atoms with E-state index in [1.54, 1.807) is 0 Å². The number of hydrogen-bond donors (Lipinski definition) is 3. The highest BCUT2D eigenvalue weighted by atomic mass is 32.2. The third kappa shape index (κ3) is 5.07. The topological polar surface area (TPSA) is 106 Å². The fraction of sp³-hybridized carbons (Fsp3) is 0.273. The summed E-state index contributed by atoms with van der Waals surface area (Å²) >= 11 is 1.46. The second-order valence-electron chi connectivity index (χ2n) is 7.20. The number of amides is 1. The van der Waals surface area contributed by atoms with E-state index in [2.05, 4.69) is 37.7 Å². The molecule has 0 saturated carbocycles. The first-order chi connectivity index (χ1) is 14.6. The Morgan fingerprint density at radius 1 is 1.07 bits per heavy atom. The van der Waals surface area contributed by atoms with Gasteiger partial charge in [0, 0.05) is 11.4 Å². The van der Waals surface area contributed by atoms with Crippen LogP contribution in [-0.2, 0) is 23.4 Å². The van der Waals surface area contributed by atoms with Crippen LogP contribution >= 0.6 is 11.8 Å². The van der Waals surface area contributed by atoms with E-state index in [-0.39, 0.29) is 17.1 Å². The zero-order valence-corrected chi connectivity index (χ0v) is 17.6. The SMILES string of the molecule is C[C@@H](SCc1nc(N)nc(Nc2ccccc2)n1)C(=O)Nc1ccc2c(c1)CCC2. The van der Waals surface area contributed by atoms with Crippen molar-refractivity contribution in [1.82, 2.24) is 15.0 Å². The van der Waals surface area contributed by atoms with Gasteiger partial charge in [0.05, 0.1) is 11.0 Å². The van der Waals surface area contributed by atoms with Crippen molar-refractivity contribution < 1.29 is 4.79 Å². The summed E-state index contributed by atoms with van der Waals surface area (Å²) in [6.07, 6.45) is 3.41. The van der Waals surface area contributed by atoms with E-state index >= 15 is 0 Å². The van der Waals surface area contributed by atoms with E-state index < -0.39 is 0 Å². The molecule has 0 fully saturated rings. The quantitative estimate of drug-likeness (QED) is 0.531. The van der Waals surface area contributed by atoms with Gasteiger partial charge in [0.25, 0.3) is 0 Å². The van der Waals surface area contributed by atoms with E-state index in [0.717, 1.165) is 24.2 Å². The molecule has 3 aromatic rings. The Labute approximate surface area is 179 Å². The molecule has 8 heteroatoms. The van der Waals surface area contributed by atoms with Gasteiger partial charge >= 0.3 is 0 Å². The molecule has 1 aliphatic carbocycles. The highest BCUT2D eigenvalue weighted by molar-refractivity contribution is 7.99. The van der Waals surface area contributed by atoms with Gasteiger partial charge in [-0.05, 0) is 61.6 Å². The summed E-state index contributed by atoms with van der Waals surface area (Å²) in [6, 6.07) is 15.8. The number of thioether (sulfide) groups is 1. The maximum Gasteiger partial charge on any atom is 0.237 e. The lowest BCUT2D eigenvalue weighted by Crippen LogP contribution is -2.23. The van der Waals surface area contributed by atoms with Gasteiger partial charge in [-0.25, -0.2) is 0 Å². The minimum atomic E-state index is -0.262. The molecule has 7 nitrogen and oxygen atoms in total. The molecule has 154 valence electrons. The number of para-hydroxylation sites is 1. The van der Waals surface area contributed by atoms with Crippen LogP contribution in [0.1, 0.15) is 30.3 Å². The van der Waals surface area contributed by atoms with Crippen molar-refractivity contribution in [1.29, 1.82) is 0 Å². The second kappa shape index (κ2) is 9.13. The van der Waals surface area contributed by atoms with E-state index in [1.165, 1.54) is 29.3 Å². The number of benzene rings is 2. The molecule has 1 aliphatic rings. The molecule has 0 radical (unpaired) electrons. The van der Waals surface area contributed by atoms with Crippen molar-refractivity contribution in [3.8, 4) is 0 Å². The molecule has 2 aromatic carbocycles. The Balaban J connectivity index is 1.35. The summed E-state index contributed by atoms with van der Waals surface area (Å²) in [5.74, 6) is 1.48. The molecular weight excluding hydrogens is 396 g/mol. The van der Waals surface area contributed by atoms with Crippen LogP contribution in [0.4, 0.5) is 23.3 Å². The summed E-state index contributed by atoms with van der Waals surface area (Å²) in [6.45, 7) is 1.88. The normalized spacial score (nSPS) is 13.5. The van der Waals surface area contributed by atoms with Crippen molar-refractivity contribution in [2.45, 2.75) is 37.2 Å². The van der Waals surface area contributed by atoms with Crippen molar-refractivity contribution in [2.24, 2.45) is 0 Å². The first kappa shape index (κ1) is 20.2. The van der Waals surface area contributed by atoms with Crippen molar-refractivity contribution >= 4 is 40.9 Å². The highest BCUT2D eigenvalue weighted by Crippen LogP contribution is 2.26. The van der Waals surface area contributed by atoms with Crippen LogP contribution in [0.3, 0.4) is 0 Å². The molecule has 0 bridgehead atoms. The molecule has 0 unspecified atom stereocenters. The van der Waals surface area contributed by atoms with Gasteiger partial charge < -0.3 is 16.4 Å². The van der Waals surface area contributed by atoms with Gasteiger partial charge in [-0.3, -0.25) is 4.79 Å². The van der Waals surface area contributed by atoms with Gasteiger partial charge in [0.2, 0.25) is 17.8 Å². The number of hydrogen-bond acceptors (Lipinski definition) is 7. The number of nitrogens with two attached hydrogens (primary N) is 1.